The van der Waals surface area contributed by atoms with Crippen LogP contribution in [0.2, 0.25) is 5.02 Å². The molecule has 4 nitrogen and oxygen atoms in total. The largest absolute Gasteiger partial charge is 0.495 e. The van der Waals surface area contributed by atoms with Crippen LogP contribution in [0.4, 0.5) is 4.39 Å². The van der Waals surface area contributed by atoms with Crippen LogP contribution in [0.25, 0.3) is 31.7 Å². The average Bonchev–Trinajstić information content (AvgIpc) is 3.14. The predicted molar refractivity (Wildman–Crippen MR) is 117 cm³/mol. The minimum absolute atomic E-state index is 0.0325. The summed E-state index contributed by atoms with van der Waals surface area (Å²) in [5, 5.41) is 1.64. The van der Waals surface area contributed by atoms with Crippen molar-refractivity contribution in [2.75, 3.05) is 7.11 Å². The van der Waals surface area contributed by atoms with Gasteiger partial charge in [0.25, 0.3) is 0 Å². The summed E-state index contributed by atoms with van der Waals surface area (Å²) in [7, 11) is 1.61. The lowest BCUT2D eigenvalue weighted by Crippen LogP contribution is -2.11. The van der Waals surface area contributed by atoms with Gasteiger partial charge < -0.3 is 9.47 Å². The quantitative estimate of drug-likeness (QED) is 0.358. The van der Waals surface area contributed by atoms with E-state index in [1.54, 1.807) is 19.4 Å². The van der Waals surface area contributed by atoms with E-state index in [1.165, 1.54) is 11.3 Å². The molecular weight excluding hydrogens is 411 g/mol. The van der Waals surface area contributed by atoms with Gasteiger partial charge in [0.2, 0.25) is 0 Å². The number of hydrogen-bond acceptors (Lipinski definition) is 5. The first-order valence-electron chi connectivity index (χ1n) is 9.10. The Morgan fingerprint density at radius 1 is 1.21 bits per heavy atom. The number of rotatable bonds is 5. The van der Waals surface area contributed by atoms with Crippen LogP contribution in [0.5, 0.6) is 11.5 Å². The van der Waals surface area contributed by atoms with Crippen LogP contribution in [-0.2, 0) is 0 Å². The van der Waals surface area contributed by atoms with Crippen LogP contribution < -0.4 is 9.47 Å². The maximum Gasteiger partial charge on any atom is 0.185 e. The molecule has 0 spiro atoms. The molecule has 1 atom stereocenters. The molecule has 1 radical (unpaired) electrons. The zero-order valence-corrected chi connectivity index (χ0v) is 18.0. The van der Waals surface area contributed by atoms with E-state index in [9.17, 15) is 4.39 Å². The summed E-state index contributed by atoms with van der Waals surface area (Å²) in [6, 6.07) is 7.66. The molecule has 0 N–H and O–H groups in total. The molecule has 0 unspecified atom stereocenters. The van der Waals surface area contributed by atoms with Crippen LogP contribution in [0.1, 0.15) is 19.4 Å². The predicted octanol–water partition coefficient (Wildman–Crippen LogP) is 6.61. The minimum Gasteiger partial charge on any atom is -0.495 e. The second kappa shape index (κ2) is 7.76. The van der Waals surface area contributed by atoms with E-state index in [2.05, 4.69) is 9.97 Å². The fraction of sp³-hybridized carbons (Fsp3) is 0.227. The van der Waals surface area contributed by atoms with Crippen molar-refractivity contribution in [1.82, 2.24) is 9.97 Å². The number of benzene rings is 2. The van der Waals surface area contributed by atoms with Gasteiger partial charge in [0.05, 0.1) is 29.6 Å². The molecule has 0 saturated carbocycles. The number of aryl methyl sites for hydroxylation is 1. The lowest BCUT2D eigenvalue weighted by molar-refractivity contribution is 0.243. The fourth-order valence-corrected chi connectivity index (χ4v) is 4.42. The van der Waals surface area contributed by atoms with Crippen LogP contribution in [0.15, 0.2) is 30.5 Å². The normalized spacial score (nSPS) is 12.5. The van der Waals surface area contributed by atoms with Crippen LogP contribution in [-0.4, -0.2) is 23.2 Å². The minimum atomic E-state index is -0.596. The number of halogens is 2. The Kier molecular flexibility index (Phi) is 5.32. The van der Waals surface area contributed by atoms with Crippen molar-refractivity contribution < 1.29 is 13.9 Å². The van der Waals surface area contributed by atoms with Gasteiger partial charge in [-0.3, -0.25) is 4.98 Å². The highest BCUT2D eigenvalue weighted by molar-refractivity contribution is 7.21. The molecule has 2 aromatic carbocycles. The number of ether oxygens (including phenoxy) is 2. The highest BCUT2D eigenvalue weighted by atomic mass is 35.5. The van der Waals surface area contributed by atoms with Crippen molar-refractivity contribution >= 4 is 44.1 Å². The van der Waals surface area contributed by atoms with Gasteiger partial charge in [0, 0.05) is 17.0 Å². The van der Waals surface area contributed by atoms with Gasteiger partial charge in [-0.1, -0.05) is 18.5 Å². The van der Waals surface area contributed by atoms with Crippen molar-refractivity contribution in [2.45, 2.75) is 26.9 Å². The molecular formula is C22H19ClFN2O2S. The zero-order valence-electron chi connectivity index (χ0n) is 16.4. The number of hydrogen-bond donors (Lipinski definition) is 0. The first-order valence-corrected chi connectivity index (χ1v) is 10.3. The lowest BCUT2D eigenvalue weighted by Gasteiger charge is -2.13. The van der Waals surface area contributed by atoms with E-state index in [0.717, 1.165) is 31.7 Å². The molecule has 4 rings (SSSR count). The van der Waals surface area contributed by atoms with E-state index in [0.29, 0.717) is 11.3 Å². The van der Waals surface area contributed by atoms with E-state index < -0.39 is 5.82 Å². The average molecular weight is 430 g/mol. The summed E-state index contributed by atoms with van der Waals surface area (Å²) in [4.78, 5) is 9.18. The number of nitrogens with zero attached hydrogens (tertiary/aromatic N) is 2. The summed E-state index contributed by atoms with van der Waals surface area (Å²) in [6.07, 6.45) is 3.29. The second-order valence-corrected chi connectivity index (χ2v) is 8.19. The Hall–Kier alpha value is -2.44. The smallest absolute Gasteiger partial charge is 0.185 e. The van der Waals surface area contributed by atoms with Gasteiger partial charge in [-0.15, -0.1) is 11.3 Å². The third kappa shape index (κ3) is 3.63. The summed E-state index contributed by atoms with van der Waals surface area (Å²) < 4.78 is 26.4. The van der Waals surface area contributed by atoms with E-state index in [4.69, 9.17) is 21.1 Å². The number of methoxy groups -OCH3 is 1. The van der Waals surface area contributed by atoms with Gasteiger partial charge >= 0.3 is 0 Å². The molecule has 4 aromatic rings. The molecule has 2 aromatic heterocycles. The molecule has 2 heterocycles. The first-order chi connectivity index (χ1) is 13.9. The van der Waals surface area contributed by atoms with E-state index >= 15 is 0 Å². The summed E-state index contributed by atoms with van der Waals surface area (Å²) in [6.45, 7) is 5.71. The monoisotopic (exact) mass is 429 g/mol. The second-order valence-electron chi connectivity index (χ2n) is 6.78. The van der Waals surface area contributed by atoms with Gasteiger partial charge in [0.15, 0.2) is 11.6 Å². The number of pyridine rings is 1. The zero-order chi connectivity index (χ0) is 20.7. The Labute approximate surface area is 177 Å². The first kappa shape index (κ1) is 19.9. The molecule has 7 heteroatoms. The van der Waals surface area contributed by atoms with E-state index in [-0.39, 0.29) is 16.9 Å². The van der Waals surface area contributed by atoms with Crippen molar-refractivity contribution in [1.29, 1.82) is 0 Å². The van der Waals surface area contributed by atoms with Crippen molar-refractivity contribution in [3.8, 4) is 22.1 Å². The van der Waals surface area contributed by atoms with Gasteiger partial charge in [-0.25, -0.2) is 9.37 Å². The highest BCUT2D eigenvalue weighted by Gasteiger charge is 2.20. The molecule has 0 aliphatic heterocycles. The third-order valence-corrected chi connectivity index (χ3v) is 6.06. The summed E-state index contributed by atoms with van der Waals surface area (Å²) >= 11 is 7.73. The molecule has 0 bridgehead atoms. The van der Waals surface area contributed by atoms with Crippen molar-refractivity contribution in [3.05, 3.63) is 53.3 Å². The Balaban J connectivity index is 1.90. The molecule has 29 heavy (non-hydrogen) atoms. The molecule has 0 saturated heterocycles. The standard InChI is InChI=1S/C22H19ClFN2O2S/c1-5-12(3)28-16-9-17-21(18(23)19(16)24)26-22(29-17)15-7-11(2)6-13-8-14(27-4)10-25-20(13)15/h5-10,12H,1-4H3/t12-/m0/s1. The molecule has 0 fully saturated rings. The van der Waals surface area contributed by atoms with Crippen LogP contribution in [0.3, 0.4) is 0 Å². The lowest BCUT2D eigenvalue weighted by atomic mass is 10.1. The number of aromatic nitrogens is 2. The van der Waals surface area contributed by atoms with Crippen LogP contribution >= 0.6 is 22.9 Å². The number of fused-ring (bicyclic) bond motifs is 2. The molecule has 0 aliphatic carbocycles. The maximum absolute atomic E-state index is 14.7. The topological polar surface area (TPSA) is 44.2 Å². The summed E-state index contributed by atoms with van der Waals surface area (Å²) in [5.41, 5.74) is 3.17. The van der Waals surface area contributed by atoms with Gasteiger partial charge in [0.1, 0.15) is 21.3 Å². The Morgan fingerprint density at radius 3 is 2.72 bits per heavy atom. The SMILES string of the molecule is C[CH][C@H](C)Oc1cc2sc(-c3cc(C)cc4cc(OC)cnc34)nc2c(Cl)c1F. The van der Waals surface area contributed by atoms with Crippen molar-refractivity contribution in [3.63, 3.8) is 0 Å². The van der Waals surface area contributed by atoms with Gasteiger partial charge in [-0.05, 0) is 44.0 Å². The van der Waals surface area contributed by atoms with Gasteiger partial charge in [-0.2, -0.15) is 0 Å². The Bertz CT molecular complexity index is 1220. The summed E-state index contributed by atoms with van der Waals surface area (Å²) in [5.74, 6) is 0.217. The number of thiazole rings is 1. The maximum atomic E-state index is 14.7. The molecule has 0 amide bonds. The van der Waals surface area contributed by atoms with E-state index in [1.807, 2.05) is 45.4 Å². The highest BCUT2D eigenvalue weighted by Crippen LogP contribution is 2.41. The Morgan fingerprint density at radius 2 is 2.00 bits per heavy atom. The van der Waals surface area contributed by atoms with Crippen LogP contribution in [0, 0.1) is 19.2 Å². The molecule has 149 valence electrons. The molecule has 0 aliphatic rings. The fourth-order valence-electron chi connectivity index (χ4n) is 3.11. The third-order valence-electron chi connectivity index (χ3n) is 4.68. The van der Waals surface area contributed by atoms with Crippen molar-refractivity contribution in [2.24, 2.45) is 0 Å².